The minimum atomic E-state index is -0.647. The monoisotopic (exact) mass is 310 g/mol. The highest BCUT2D eigenvalue weighted by Gasteiger charge is 2.34. The van der Waals surface area contributed by atoms with Crippen LogP contribution in [0.25, 0.3) is 0 Å². The molecule has 6 nitrogen and oxygen atoms in total. The van der Waals surface area contributed by atoms with E-state index in [1.807, 2.05) is 13.8 Å². The van der Waals surface area contributed by atoms with Gasteiger partial charge in [0.2, 0.25) is 5.91 Å². The van der Waals surface area contributed by atoms with Crippen LogP contribution in [0.5, 0.6) is 0 Å². The largest absolute Gasteiger partial charge is 0.388 e. The lowest BCUT2D eigenvalue weighted by Gasteiger charge is -2.33. The predicted octanol–water partition coefficient (Wildman–Crippen LogP) is 1.61. The second-order valence-electron chi connectivity index (χ2n) is 6.10. The van der Waals surface area contributed by atoms with Gasteiger partial charge >= 0.3 is 0 Å². The third-order valence-electron chi connectivity index (χ3n) is 4.72. The maximum absolute atomic E-state index is 12.6. The zero-order chi connectivity index (χ0) is 16.3. The lowest BCUT2D eigenvalue weighted by Crippen LogP contribution is -2.49. The molecule has 3 atom stereocenters. The van der Waals surface area contributed by atoms with E-state index in [1.54, 1.807) is 19.1 Å². The van der Waals surface area contributed by atoms with E-state index >= 15 is 0 Å². The van der Waals surface area contributed by atoms with Gasteiger partial charge in [0.25, 0.3) is 0 Å². The number of ether oxygens (including phenoxy) is 1. The van der Waals surface area contributed by atoms with E-state index in [9.17, 15) is 9.90 Å². The summed E-state index contributed by atoms with van der Waals surface area (Å²) in [5.41, 5.74) is 1.58. The highest BCUT2D eigenvalue weighted by molar-refractivity contribution is 5.79. The molecule has 0 aliphatic heterocycles. The van der Waals surface area contributed by atoms with Crippen LogP contribution in [0, 0.1) is 13.8 Å². The molecule has 1 aromatic rings. The molecule has 0 spiro atoms. The maximum Gasteiger partial charge on any atom is 0.227 e. The summed E-state index contributed by atoms with van der Waals surface area (Å²) in [6, 6.07) is -0.208. The molecular formula is C16H26N2O4. The van der Waals surface area contributed by atoms with Crippen molar-refractivity contribution >= 4 is 5.91 Å². The van der Waals surface area contributed by atoms with Gasteiger partial charge in [0.1, 0.15) is 11.9 Å². The molecule has 1 N–H and O–H groups in total. The molecule has 1 aliphatic rings. The predicted molar refractivity (Wildman–Crippen MR) is 81.5 cm³/mol. The fourth-order valence-electron chi connectivity index (χ4n) is 3.18. The van der Waals surface area contributed by atoms with Crippen LogP contribution in [0.3, 0.4) is 0 Å². The van der Waals surface area contributed by atoms with Gasteiger partial charge in [0, 0.05) is 19.7 Å². The molecule has 0 unspecified atom stereocenters. The van der Waals surface area contributed by atoms with Crippen LogP contribution >= 0.6 is 0 Å². The SMILES string of the molecule is CO[C@@H]1CCCC[C@@H](N(C)C(=O)Cc2c(C)noc2C)[C@H]1O. The first-order valence-electron chi connectivity index (χ1n) is 7.84. The number of aliphatic hydroxyl groups excluding tert-OH is 1. The molecule has 0 radical (unpaired) electrons. The highest BCUT2D eigenvalue weighted by atomic mass is 16.5. The number of nitrogens with zero attached hydrogens (tertiary/aromatic N) is 2. The quantitative estimate of drug-likeness (QED) is 0.855. The topological polar surface area (TPSA) is 75.8 Å². The molecule has 6 heteroatoms. The van der Waals surface area contributed by atoms with Crippen molar-refractivity contribution in [1.82, 2.24) is 10.1 Å². The third-order valence-corrected chi connectivity index (χ3v) is 4.72. The Bertz CT molecular complexity index is 495. The number of carbonyl (C=O) groups excluding carboxylic acids is 1. The minimum absolute atomic E-state index is 0.0322. The Balaban J connectivity index is 2.08. The van der Waals surface area contributed by atoms with Crippen molar-refractivity contribution in [3.8, 4) is 0 Å². The third kappa shape index (κ3) is 3.50. The van der Waals surface area contributed by atoms with Crippen LogP contribution in [0.4, 0.5) is 0 Å². The number of likely N-dealkylation sites (N-methyl/N-ethyl adjacent to an activating group) is 1. The Morgan fingerprint density at radius 3 is 2.68 bits per heavy atom. The van der Waals surface area contributed by atoms with E-state index in [4.69, 9.17) is 9.26 Å². The molecule has 1 saturated carbocycles. The van der Waals surface area contributed by atoms with Crippen molar-refractivity contribution in [2.24, 2.45) is 0 Å². The average Bonchev–Trinajstić information content (AvgIpc) is 2.71. The number of hydrogen-bond donors (Lipinski definition) is 1. The number of carbonyl (C=O) groups is 1. The molecule has 1 amide bonds. The number of rotatable bonds is 4. The Morgan fingerprint density at radius 2 is 2.09 bits per heavy atom. The minimum Gasteiger partial charge on any atom is -0.388 e. The van der Waals surface area contributed by atoms with Gasteiger partial charge in [-0.2, -0.15) is 0 Å². The van der Waals surface area contributed by atoms with E-state index in [0.717, 1.165) is 36.9 Å². The molecule has 2 rings (SSSR count). The molecule has 1 aromatic heterocycles. The van der Waals surface area contributed by atoms with Crippen molar-refractivity contribution in [2.45, 2.75) is 64.2 Å². The molecule has 1 heterocycles. The van der Waals surface area contributed by atoms with E-state index in [-0.39, 0.29) is 24.5 Å². The average molecular weight is 310 g/mol. The van der Waals surface area contributed by atoms with Gasteiger partial charge in [-0.1, -0.05) is 18.0 Å². The van der Waals surface area contributed by atoms with E-state index in [2.05, 4.69) is 5.16 Å². The number of aliphatic hydroxyl groups is 1. The first kappa shape index (κ1) is 17.0. The van der Waals surface area contributed by atoms with Gasteiger partial charge in [-0.05, 0) is 26.7 Å². The Kier molecular flexibility index (Phi) is 5.58. The molecule has 0 saturated heterocycles. The summed E-state index contributed by atoms with van der Waals surface area (Å²) in [4.78, 5) is 14.2. The molecule has 1 aliphatic carbocycles. The van der Waals surface area contributed by atoms with Crippen molar-refractivity contribution < 1.29 is 19.2 Å². The number of hydrogen-bond acceptors (Lipinski definition) is 5. The molecule has 124 valence electrons. The highest BCUT2D eigenvalue weighted by Crippen LogP contribution is 2.25. The molecule has 1 fully saturated rings. The first-order chi connectivity index (χ1) is 10.5. The molecule has 22 heavy (non-hydrogen) atoms. The van der Waals surface area contributed by atoms with Crippen molar-refractivity contribution in [3.05, 3.63) is 17.0 Å². The summed E-state index contributed by atoms with van der Waals surface area (Å²) in [6.45, 7) is 3.64. The van der Waals surface area contributed by atoms with E-state index < -0.39 is 6.10 Å². The summed E-state index contributed by atoms with van der Waals surface area (Å²) in [5, 5.41) is 14.4. The van der Waals surface area contributed by atoms with Crippen LogP contribution in [0.15, 0.2) is 4.52 Å². The fourth-order valence-corrected chi connectivity index (χ4v) is 3.18. The van der Waals surface area contributed by atoms with Crippen LogP contribution in [-0.2, 0) is 16.0 Å². The zero-order valence-electron chi connectivity index (χ0n) is 13.8. The summed E-state index contributed by atoms with van der Waals surface area (Å²) < 4.78 is 10.5. The van der Waals surface area contributed by atoms with Crippen LogP contribution in [-0.4, -0.2) is 53.5 Å². The lowest BCUT2D eigenvalue weighted by molar-refractivity contribution is -0.136. The summed E-state index contributed by atoms with van der Waals surface area (Å²) in [6.07, 6.45) is 3.03. The van der Waals surface area contributed by atoms with Gasteiger partial charge in [0.05, 0.1) is 24.3 Å². The maximum atomic E-state index is 12.6. The number of aryl methyl sites for hydroxylation is 2. The molecular weight excluding hydrogens is 284 g/mol. The van der Waals surface area contributed by atoms with Gasteiger partial charge < -0.3 is 19.3 Å². The fraction of sp³-hybridized carbons (Fsp3) is 0.750. The summed E-state index contributed by atoms with van der Waals surface area (Å²) in [5.74, 6) is 0.644. The van der Waals surface area contributed by atoms with Crippen molar-refractivity contribution in [3.63, 3.8) is 0 Å². The standard InChI is InChI=1S/C16H26N2O4/c1-10-12(11(2)22-17-10)9-15(19)18(3)13-7-5-6-8-14(21-4)16(13)20/h13-14,16,20H,5-9H2,1-4H3/t13-,14-,16-/m1/s1. The second kappa shape index (κ2) is 7.24. The zero-order valence-corrected chi connectivity index (χ0v) is 13.8. The van der Waals surface area contributed by atoms with Crippen LogP contribution < -0.4 is 0 Å². The van der Waals surface area contributed by atoms with E-state index in [0.29, 0.717) is 5.76 Å². The molecule has 0 aromatic carbocycles. The van der Waals surface area contributed by atoms with Gasteiger partial charge in [-0.15, -0.1) is 0 Å². The van der Waals surface area contributed by atoms with Crippen molar-refractivity contribution in [2.75, 3.05) is 14.2 Å². The second-order valence-corrected chi connectivity index (χ2v) is 6.10. The summed E-state index contributed by atoms with van der Waals surface area (Å²) in [7, 11) is 3.37. The van der Waals surface area contributed by atoms with Crippen LogP contribution in [0.1, 0.15) is 42.7 Å². The van der Waals surface area contributed by atoms with Crippen molar-refractivity contribution in [1.29, 1.82) is 0 Å². The van der Waals surface area contributed by atoms with Gasteiger partial charge in [-0.3, -0.25) is 4.79 Å². The van der Waals surface area contributed by atoms with Gasteiger partial charge in [0.15, 0.2) is 0 Å². The summed E-state index contributed by atoms with van der Waals surface area (Å²) >= 11 is 0. The number of methoxy groups -OCH3 is 1. The Labute approximate surface area is 131 Å². The first-order valence-corrected chi connectivity index (χ1v) is 7.84. The smallest absolute Gasteiger partial charge is 0.227 e. The number of aromatic nitrogens is 1. The lowest BCUT2D eigenvalue weighted by atomic mass is 10.0. The Hall–Kier alpha value is -1.40. The van der Waals surface area contributed by atoms with E-state index in [1.165, 1.54) is 0 Å². The number of amides is 1. The molecule has 0 bridgehead atoms. The van der Waals surface area contributed by atoms with Crippen LogP contribution in [0.2, 0.25) is 0 Å². The van der Waals surface area contributed by atoms with Gasteiger partial charge in [-0.25, -0.2) is 0 Å². The Morgan fingerprint density at radius 1 is 1.41 bits per heavy atom. The normalized spacial score (nSPS) is 25.8.